The molecule has 0 bridgehead atoms. The summed E-state index contributed by atoms with van der Waals surface area (Å²) in [5, 5.41) is 10.4. The van der Waals surface area contributed by atoms with Crippen molar-refractivity contribution in [3.05, 3.63) is 325 Å². The van der Waals surface area contributed by atoms with Gasteiger partial charge in [-0.3, -0.25) is 0 Å². The Balaban J connectivity index is 1.02. The number of benzene rings is 16. The van der Waals surface area contributed by atoms with Gasteiger partial charge < -0.3 is 14.4 Å². The van der Waals surface area contributed by atoms with Crippen molar-refractivity contribution in [3.63, 3.8) is 0 Å². The summed E-state index contributed by atoms with van der Waals surface area (Å²) >= 11 is 0. The van der Waals surface area contributed by atoms with E-state index in [4.69, 9.17) is 0 Å². The van der Waals surface area contributed by atoms with Gasteiger partial charge in [-0.05, 0) is 227 Å². The summed E-state index contributed by atoms with van der Waals surface area (Å²) in [5.74, 6) is 0. The van der Waals surface area contributed by atoms with Crippen LogP contribution in [0, 0.1) is 0 Å². The Morgan fingerprint density at radius 3 is 1.08 bits per heavy atom. The van der Waals surface area contributed by atoms with Crippen LogP contribution in [0.25, 0.3) is 126 Å². The van der Waals surface area contributed by atoms with Crippen LogP contribution in [0.2, 0.25) is 0 Å². The lowest BCUT2D eigenvalue weighted by Gasteiger charge is -2.47. The van der Waals surface area contributed by atoms with E-state index in [1.54, 1.807) is 0 Å². The van der Waals surface area contributed by atoms with Crippen LogP contribution < -0.4 is 26.2 Å². The average Bonchev–Trinajstić information content (AvgIpc) is 0.816. The first-order chi connectivity index (χ1) is 55.3. The number of nitrogens with zero attached hydrogens (tertiary/aromatic N) is 3. The molecule has 0 fully saturated rings. The fourth-order valence-corrected chi connectivity index (χ4v) is 17.7. The van der Waals surface area contributed by atoms with Gasteiger partial charge in [-0.2, -0.15) is 0 Å². The number of fused-ring (bicyclic) bond motifs is 9. The van der Waals surface area contributed by atoms with Gasteiger partial charge in [-0.25, -0.2) is 0 Å². The Hall–Kier alpha value is -11.7. The molecule has 0 radical (unpaired) electrons. The molecule has 536 valence electrons. The zero-order valence-electron chi connectivity index (χ0n) is 71.7. The molecule has 0 spiro atoms. The first-order valence-corrected chi connectivity index (χ1v) is 39.1. The SMILES string of the molecule is [2H]c1c(C(C)(C)C)c([2H])c2c3c([2H])c(C(C)(C)C)c([2H])c([2H])c3n(-c3ccc4c(c3)N(c3c(-c5ccccc5)cc(C(C)(C)C)cc3-c3ccccc3)c3cc(C(C)(C)C)cc5c3B4c3ccc(-c4ccc6cccc7c8cccc9cccc(c4c67)c98)cc3N5c3c(-c4ccccc4)cc(C(C)(C)C)cc3-c3ccccc3)c2c1[2H]. The maximum absolute atomic E-state index is 10.4. The van der Waals surface area contributed by atoms with Crippen LogP contribution in [-0.4, -0.2) is 11.3 Å². The molecule has 0 unspecified atom stereocenters. The molecular formula is C106H94BN3. The fourth-order valence-electron chi connectivity index (χ4n) is 17.7. The standard InChI is InChI=1S/C106H94BN3/c1-102(2,3)72-47-53-90-86(56-72)87-57-73(103(4,5)6)48-54-91(87)108(90)77-49-52-89-93(64-77)110(101-84(67-35-24-18-25-36-67)60-75(105(10,11)12)61-85(101)68-37-26-19-27-38-68)95-63-76(106(13,14)15)62-94-99(95)107(89)88-51-46-71(78-50-45-70-41-29-43-80-79-42-28-39-69-40-30-44-81(96(69)79)98(78)97(70)80)55-92(88)109(94)100-82(65-31-20-16-21-32-65)58-74(104(7,8)9)59-83(100)66-33-22-17-23-34-66/h16-64H,1-15H3/i47D,48D,53D,54D,56D,57D. The van der Waals surface area contributed by atoms with Crippen molar-refractivity contribution in [2.24, 2.45) is 0 Å². The summed E-state index contributed by atoms with van der Waals surface area (Å²) in [5.41, 5.74) is 22.6. The lowest BCUT2D eigenvalue weighted by Crippen LogP contribution is -2.61. The molecule has 0 atom stereocenters. The van der Waals surface area contributed by atoms with Gasteiger partial charge in [-0.1, -0.05) is 322 Å². The predicted molar refractivity (Wildman–Crippen MR) is 477 cm³/mol. The van der Waals surface area contributed by atoms with E-state index in [1.807, 2.05) is 46.1 Å². The lowest BCUT2D eigenvalue weighted by atomic mass is 9.33. The molecule has 2 aliphatic heterocycles. The molecule has 19 rings (SSSR count). The zero-order valence-corrected chi connectivity index (χ0v) is 65.7. The van der Waals surface area contributed by atoms with Gasteiger partial charge >= 0.3 is 0 Å². The van der Waals surface area contributed by atoms with E-state index in [1.165, 1.54) is 48.7 Å². The second-order valence-electron chi connectivity index (χ2n) is 36.0. The highest BCUT2D eigenvalue weighted by atomic mass is 15.2. The third-order valence-corrected chi connectivity index (χ3v) is 23.5. The van der Waals surface area contributed by atoms with Crippen LogP contribution in [0.15, 0.2) is 297 Å². The Morgan fingerprint density at radius 2 is 0.655 bits per heavy atom. The van der Waals surface area contributed by atoms with Gasteiger partial charge in [0.05, 0.1) is 30.6 Å². The fraction of sp³-hybridized carbons (Fsp3) is 0.189. The number of aromatic nitrogens is 1. The molecule has 4 heteroatoms. The average molecular weight is 1430 g/mol. The summed E-state index contributed by atoms with van der Waals surface area (Å²) in [7, 11) is 0. The molecule has 0 aliphatic carbocycles. The van der Waals surface area contributed by atoms with Crippen molar-refractivity contribution in [2.75, 3.05) is 9.80 Å². The molecule has 0 N–H and O–H groups in total. The van der Waals surface area contributed by atoms with E-state index in [0.717, 1.165) is 117 Å². The minimum atomic E-state index is -0.744. The van der Waals surface area contributed by atoms with Crippen LogP contribution in [0.1, 0.15) is 140 Å². The molecule has 110 heavy (non-hydrogen) atoms. The summed E-state index contributed by atoms with van der Waals surface area (Å²) in [6.45, 7) is 32.2. The molecule has 17 aromatic rings. The highest BCUT2D eigenvalue weighted by Gasteiger charge is 2.47. The quantitative estimate of drug-likeness (QED) is 0.0853. The van der Waals surface area contributed by atoms with Crippen molar-refractivity contribution in [1.29, 1.82) is 0 Å². The highest BCUT2D eigenvalue weighted by Crippen LogP contribution is 2.57. The maximum Gasteiger partial charge on any atom is 0.252 e. The van der Waals surface area contributed by atoms with Crippen molar-refractivity contribution in [2.45, 2.75) is 131 Å². The van der Waals surface area contributed by atoms with Gasteiger partial charge in [-0.15, -0.1) is 0 Å². The normalized spacial score (nSPS) is 14.1. The minimum absolute atomic E-state index is 0.0503. The third kappa shape index (κ3) is 11.0. The predicted octanol–water partition coefficient (Wildman–Crippen LogP) is 27.7. The molecule has 2 aliphatic rings. The van der Waals surface area contributed by atoms with Crippen molar-refractivity contribution in [1.82, 2.24) is 4.57 Å². The summed E-state index contributed by atoms with van der Waals surface area (Å²) in [6.07, 6.45) is 0. The Labute approximate surface area is 658 Å². The van der Waals surface area contributed by atoms with Crippen molar-refractivity contribution >= 4 is 122 Å². The summed E-state index contributed by atoms with van der Waals surface area (Å²) in [6, 6.07) is 97.0. The number of rotatable bonds is 8. The minimum Gasteiger partial charge on any atom is -0.310 e. The Morgan fingerprint density at radius 1 is 0.273 bits per heavy atom. The molecular weight excluding hydrogens is 1330 g/mol. The van der Waals surface area contributed by atoms with Crippen molar-refractivity contribution < 1.29 is 8.22 Å². The van der Waals surface area contributed by atoms with E-state index < -0.39 is 23.0 Å². The number of hydrogen-bond donors (Lipinski definition) is 0. The van der Waals surface area contributed by atoms with Gasteiger partial charge in [0, 0.05) is 61.5 Å². The van der Waals surface area contributed by atoms with Gasteiger partial charge in [0.2, 0.25) is 0 Å². The molecule has 16 aromatic carbocycles. The van der Waals surface area contributed by atoms with Crippen molar-refractivity contribution in [3.8, 4) is 61.3 Å². The second-order valence-corrected chi connectivity index (χ2v) is 36.0. The second kappa shape index (κ2) is 24.9. The Kier molecular flexibility index (Phi) is 14.1. The topological polar surface area (TPSA) is 11.4 Å². The molecule has 0 saturated carbocycles. The highest BCUT2D eigenvalue weighted by molar-refractivity contribution is 7.00. The monoisotopic (exact) mass is 1430 g/mol. The number of hydrogen-bond acceptors (Lipinski definition) is 2. The van der Waals surface area contributed by atoms with E-state index in [-0.39, 0.29) is 58.1 Å². The summed E-state index contributed by atoms with van der Waals surface area (Å²) in [4.78, 5) is 5.22. The maximum atomic E-state index is 10.4. The first kappa shape index (κ1) is 62.2. The van der Waals surface area contributed by atoms with Gasteiger partial charge in [0.15, 0.2) is 0 Å². The van der Waals surface area contributed by atoms with E-state index in [9.17, 15) is 8.22 Å². The third-order valence-electron chi connectivity index (χ3n) is 23.5. The van der Waals surface area contributed by atoms with Gasteiger partial charge in [0.25, 0.3) is 6.71 Å². The molecule has 0 saturated heterocycles. The smallest absolute Gasteiger partial charge is 0.252 e. The van der Waals surface area contributed by atoms with Crippen LogP contribution >= 0.6 is 0 Å². The van der Waals surface area contributed by atoms with E-state index >= 15 is 0 Å². The molecule has 1 aromatic heterocycles. The zero-order chi connectivity index (χ0) is 81.0. The first-order valence-electron chi connectivity index (χ1n) is 42.1. The van der Waals surface area contributed by atoms with Crippen LogP contribution in [0.4, 0.5) is 34.1 Å². The summed E-state index contributed by atoms with van der Waals surface area (Å²) < 4.78 is 63.7. The van der Waals surface area contributed by atoms with Crippen LogP contribution in [0.5, 0.6) is 0 Å². The van der Waals surface area contributed by atoms with E-state index in [0.29, 0.717) is 27.6 Å². The van der Waals surface area contributed by atoms with Crippen LogP contribution in [-0.2, 0) is 27.1 Å². The largest absolute Gasteiger partial charge is 0.310 e. The Bertz CT molecular complexity index is 6750. The van der Waals surface area contributed by atoms with Gasteiger partial charge in [0.1, 0.15) is 0 Å². The lowest BCUT2D eigenvalue weighted by molar-refractivity contribution is 0.590. The molecule has 0 amide bonds. The van der Waals surface area contributed by atoms with E-state index in [2.05, 4.69) is 333 Å². The van der Waals surface area contributed by atoms with Crippen LogP contribution in [0.3, 0.4) is 0 Å². The number of anilines is 6. The molecule has 3 nitrogen and oxygen atoms in total. The molecule has 3 heterocycles.